The molecule has 1 heterocycles. The molecule has 1 N–H and O–H groups in total. The van der Waals surface area contributed by atoms with Crippen molar-refractivity contribution in [1.82, 2.24) is 9.55 Å². The predicted octanol–water partition coefficient (Wildman–Crippen LogP) is 2.43. The number of nitrogens with zero attached hydrogens (tertiary/aromatic N) is 2. The summed E-state index contributed by atoms with van der Waals surface area (Å²) in [6.07, 6.45) is 5.33. The number of hydrogen-bond acceptors (Lipinski definition) is 2. The van der Waals surface area contributed by atoms with E-state index in [1.165, 1.54) is 0 Å². The molecule has 0 aliphatic rings. The number of rotatable bonds is 4. The van der Waals surface area contributed by atoms with Gasteiger partial charge in [0.05, 0.1) is 12.9 Å². The number of imidazole rings is 1. The first-order valence-electron chi connectivity index (χ1n) is 5.86. The highest BCUT2D eigenvalue weighted by atomic mass is 16.3. The van der Waals surface area contributed by atoms with Crippen molar-refractivity contribution in [2.45, 2.75) is 26.0 Å². The van der Waals surface area contributed by atoms with E-state index in [-0.39, 0.29) is 5.92 Å². The summed E-state index contributed by atoms with van der Waals surface area (Å²) in [7, 11) is 0. The van der Waals surface area contributed by atoms with Crippen LogP contribution >= 0.6 is 0 Å². The second kappa shape index (κ2) is 4.72. The summed E-state index contributed by atoms with van der Waals surface area (Å²) in [6, 6.07) is 9.81. The van der Waals surface area contributed by atoms with Gasteiger partial charge in [0, 0.05) is 12.4 Å². The van der Waals surface area contributed by atoms with Crippen LogP contribution in [0.5, 0.6) is 0 Å². The minimum atomic E-state index is -0.859. The zero-order chi connectivity index (χ0) is 12.3. The van der Waals surface area contributed by atoms with Gasteiger partial charge < -0.3 is 9.67 Å². The van der Waals surface area contributed by atoms with Gasteiger partial charge in [-0.15, -0.1) is 0 Å². The van der Waals surface area contributed by atoms with E-state index in [4.69, 9.17) is 0 Å². The fraction of sp³-hybridized carbons (Fsp3) is 0.357. The van der Waals surface area contributed by atoms with E-state index in [0.29, 0.717) is 6.54 Å². The molecule has 0 spiro atoms. The maximum Gasteiger partial charge on any atom is 0.110 e. The van der Waals surface area contributed by atoms with Crippen LogP contribution in [0.15, 0.2) is 49.1 Å². The minimum absolute atomic E-state index is 0.132. The van der Waals surface area contributed by atoms with E-state index >= 15 is 0 Å². The lowest BCUT2D eigenvalue weighted by atomic mass is 9.83. The first-order chi connectivity index (χ1) is 8.13. The fourth-order valence-electron chi connectivity index (χ4n) is 1.99. The molecular formula is C14H18N2O. The van der Waals surface area contributed by atoms with E-state index < -0.39 is 5.60 Å². The largest absolute Gasteiger partial charge is 0.383 e. The molecular weight excluding hydrogens is 212 g/mol. The Kier molecular flexibility index (Phi) is 3.29. The molecule has 3 heteroatoms. The van der Waals surface area contributed by atoms with Crippen molar-refractivity contribution < 1.29 is 5.11 Å². The van der Waals surface area contributed by atoms with Crippen molar-refractivity contribution in [3.05, 3.63) is 54.6 Å². The third-order valence-electron chi connectivity index (χ3n) is 3.21. The van der Waals surface area contributed by atoms with Crippen molar-refractivity contribution in [3.8, 4) is 0 Å². The van der Waals surface area contributed by atoms with Gasteiger partial charge in [-0.3, -0.25) is 0 Å². The minimum Gasteiger partial charge on any atom is -0.383 e. The van der Waals surface area contributed by atoms with Gasteiger partial charge in [-0.2, -0.15) is 0 Å². The van der Waals surface area contributed by atoms with Crippen LogP contribution in [0, 0.1) is 5.92 Å². The summed E-state index contributed by atoms with van der Waals surface area (Å²) in [5.74, 6) is 0.132. The summed E-state index contributed by atoms with van der Waals surface area (Å²) in [4.78, 5) is 4.01. The van der Waals surface area contributed by atoms with Gasteiger partial charge >= 0.3 is 0 Å². The molecule has 0 saturated carbocycles. The molecule has 1 atom stereocenters. The van der Waals surface area contributed by atoms with Crippen molar-refractivity contribution in [2.24, 2.45) is 5.92 Å². The van der Waals surface area contributed by atoms with Gasteiger partial charge in [-0.05, 0) is 11.5 Å². The zero-order valence-electron chi connectivity index (χ0n) is 10.2. The zero-order valence-corrected chi connectivity index (χ0v) is 10.2. The van der Waals surface area contributed by atoms with Crippen LogP contribution in [0.4, 0.5) is 0 Å². The molecule has 0 amide bonds. The quantitative estimate of drug-likeness (QED) is 0.876. The van der Waals surface area contributed by atoms with E-state index in [9.17, 15) is 5.11 Å². The highest BCUT2D eigenvalue weighted by Crippen LogP contribution is 2.31. The molecule has 1 aromatic heterocycles. The molecule has 0 aliphatic heterocycles. The standard InChI is InChI=1S/C14H18N2O/c1-12(2)14(17,10-16-9-8-15-11-16)13-6-4-3-5-7-13/h3-9,11-12,17H,10H2,1-2H3. The van der Waals surface area contributed by atoms with Crippen LogP contribution in [0.25, 0.3) is 0 Å². The first kappa shape index (κ1) is 11.9. The molecule has 1 unspecified atom stereocenters. The Morgan fingerprint density at radius 1 is 1.29 bits per heavy atom. The molecule has 3 nitrogen and oxygen atoms in total. The van der Waals surface area contributed by atoms with Gasteiger partial charge in [0.25, 0.3) is 0 Å². The number of aliphatic hydroxyl groups is 1. The van der Waals surface area contributed by atoms with E-state index in [1.54, 1.807) is 12.5 Å². The topological polar surface area (TPSA) is 38.0 Å². The van der Waals surface area contributed by atoms with Gasteiger partial charge in [-0.1, -0.05) is 44.2 Å². The summed E-state index contributed by atoms with van der Waals surface area (Å²) >= 11 is 0. The normalized spacial score (nSPS) is 14.8. The van der Waals surface area contributed by atoms with Crippen LogP contribution in [0.1, 0.15) is 19.4 Å². The summed E-state index contributed by atoms with van der Waals surface area (Å²) < 4.78 is 1.91. The molecule has 0 fully saturated rings. The first-order valence-corrected chi connectivity index (χ1v) is 5.86. The van der Waals surface area contributed by atoms with Crippen LogP contribution < -0.4 is 0 Å². The van der Waals surface area contributed by atoms with E-state index in [1.807, 2.05) is 54.9 Å². The van der Waals surface area contributed by atoms with Gasteiger partial charge in [0.1, 0.15) is 5.60 Å². The highest BCUT2D eigenvalue weighted by molar-refractivity contribution is 5.22. The maximum atomic E-state index is 10.9. The molecule has 1 aromatic carbocycles. The van der Waals surface area contributed by atoms with Gasteiger partial charge in [-0.25, -0.2) is 4.98 Å². The van der Waals surface area contributed by atoms with Gasteiger partial charge in [0.2, 0.25) is 0 Å². The molecule has 17 heavy (non-hydrogen) atoms. The Balaban J connectivity index is 2.33. The highest BCUT2D eigenvalue weighted by Gasteiger charge is 2.33. The molecule has 0 saturated heterocycles. The number of hydrogen-bond donors (Lipinski definition) is 1. The van der Waals surface area contributed by atoms with Crippen molar-refractivity contribution >= 4 is 0 Å². The lowest BCUT2D eigenvalue weighted by molar-refractivity contribution is -0.0265. The lowest BCUT2D eigenvalue weighted by Gasteiger charge is -2.33. The smallest absolute Gasteiger partial charge is 0.110 e. The Morgan fingerprint density at radius 3 is 2.53 bits per heavy atom. The summed E-state index contributed by atoms with van der Waals surface area (Å²) in [5, 5.41) is 10.9. The molecule has 0 aliphatic carbocycles. The van der Waals surface area contributed by atoms with Crippen molar-refractivity contribution in [2.75, 3.05) is 0 Å². The average molecular weight is 230 g/mol. The monoisotopic (exact) mass is 230 g/mol. The summed E-state index contributed by atoms with van der Waals surface area (Å²) in [5.41, 5.74) is 0.0887. The van der Waals surface area contributed by atoms with E-state index in [2.05, 4.69) is 4.98 Å². The van der Waals surface area contributed by atoms with Crippen LogP contribution in [0.3, 0.4) is 0 Å². The molecule has 2 aromatic rings. The molecule has 0 radical (unpaired) electrons. The van der Waals surface area contributed by atoms with Crippen molar-refractivity contribution in [1.29, 1.82) is 0 Å². The Labute approximate surface area is 102 Å². The predicted molar refractivity (Wildman–Crippen MR) is 67.4 cm³/mol. The lowest BCUT2D eigenvalue weighted by Crippen LogP contribution is -2.36. The maximum absolute atomic E-state index is 10.9. The Hall–Kier alpha value is -1.61. The third kappa shape index (κ3) is 2.39. The molecule has 90 valence electrons. The van der Waals surface area contributed by atoms with Crippen LogP contribution in [0.2, 0.25) is 0 Å². The molecule has 0 bridgehead atoms. The Morgan fingerprint density at radius 2 is 2.00 bits per heavy atom. The average Bonchev–Trinajstić information content (AvgIpc) is 2.82. The third-order valence-corrected chi connectivity index (χ3v) is 3.21. The second-order valence-electron chi connectivity index (χ2n) is 4.68. The number of aromatic nitrogens is 2. The number of benzene rings is 1. The fourth-order valence-corrected chi connectivity index (χ4v) is 1.99. The van der Waals surface area contributed by atoms with Crippen molar-refractivity contribution in [3.63, 3.8) is 0 Å². The molecule has 2 rings (SSSR count). The second-order valence-corrected chi connectivity index (χ2v) is 4.68. The van der Waals surface area contributed by atoms with Crippen LogP contribution in [-0.2, 0) is 12.1 Å². The summed E-state index contributed by atoms with van der Waals surface area (Å²) in [6.45, 7) is 4.59. The Bertz CT molecular complexity index is 450. The van der Waals surface area contributed by atoms with E-state index in [0.717, 1.165) is 5.56 Å². The SMILES string of the molecule is CC(C)C(O)(Cn1ccnc1)c1ccccc1. The van der Waals surface area contributed by atoms with Gasteiger partial charge in [0.15, 0.2) is 0 Å². The van der Waals surface area contributed by atoms with Crippen LogP contribution in [-0.4, -0.2) is 14.7 Å².